The minimum Gasteiger partial charge on any atom is -0.388 e. The molecule has 0 aliphatic carbocycles. The molecule has 1 fully saturated rings. The zero-order valence-corrected chi connectivity index (χ0v) is 15.1. The zero-order chi connectivity index (χ0) is 18.8. The molecule has 0 radical (unpaired) electrons. The Bertz CT molecular complexity index is 793. The van der Waals surface area contributed by atoms with Gasteiger partial charge in [-0.3, -0.25) is 4.57 Å². The van der Waals surface area contributed by atoms with Crippen LogP contribution in [-0.4, -0.2) is 67.9 Å². The average Bonchev–Trinajstić information content (AvgIpc) is 3.08. The number of aliphatic hydroxyl groups excluding tert-OH is 2. The summed E-state index contributed by atoms with van der Waals surface area (Å²) in [6.07, 6.45) is 1.57. The molecule has 2 aromatic rings. The van der Waals surface area contributed by atoms with E-state index >= 15 is 0 Å². The monoisotopic (exact) mass is 363 g/mol. The lowest BCUT2D eigenvalue weighted by atomic mass is 10.1. The molecule has 1 saturated heterocycles. The fourth-order valence-corrected chi connectivity index (χ4v) is 3.03. The van der Waals surface area contributed by atoms with Crippen molar-refractivity contribution in [3.05, 3.63) is 12.2 Å². The molecule has 10 heteroatoms. The van der Waals surface area contributed by atoms with Crippen LogP contribution >= 0.6 is 0 Å². The molecule has 3 rings (SSSR count). The third-order valence-electron chi connectivity index (χ3n) is 4.46. The Morgan fingerprint density at radius 1 is 1.38 bits per heavy atom. The third kappa shape index (κ3) is 3.28. The van der Waals surface area contributed by atoms with Crippen molar-refractivity contribution in [2.45, 2.75) is 51.2 Å². The Morgan fingerprint density at radius 2 is 2.15 bits per heavy atom. The molecule has 3 heterocycles. The second-order valence-corrected chi connectivity index (χ2v) is 6.36. The van der Waals surface area contributed by atoms with Crippen molar-refractivity contribution in [3.63, 3.8) is 0 Å². The van der Waals surface area contributed by atoms with Gasteiger partial charge in [-0.2, -0.15) is 5.10 Å². The summed E-state index contributed by atoms with van der Waals surface area (Å²) in [5.74, 6) is 1.15. The van der Waals surface area contributed by atoms with E-state index in [4.69, 9.17) is 10.5 Å². The smallest absolute Gasteiger partial charge is 0.180 e. The van der Waals surface area contributed by atoms with Gasteiger partial charge in [-0.1, -0.05) is 0 Å². The predicted octanol–water partition coefficient (Wildman–Crippen LogP) is -0.0653. The zero-order valence-electron chi connectivity index (χ0n) is 15.1. The molecule has 26 heavy (non-hydrogen) atoms. The molecular weight excluding hydrogens is 338 g/mol. The van der Waals surface area contributed by atoms with Crippen LogP contribution in [0.3, 0.4) is 0 Å². The fourth-order valence-electron chi connectivity index (χ4n) is 3.03. The number of nitrogens with two attached hydrogens (primary N) is 1. The van der Waals surface area contributed by atoms with Gasteiger partial charge >= 0.3 is 0 Å². The molecule has 0 bridgehead atoms. The molecule has 142 valence electrons. The summed E-state index contributed by atoms with van der Waals surface area (Å²) in [7, 11) is 1.78. The van der Waals surface area contributed by atoms with E-state index in [1.807, 2.05) is 0 Å². The van der Waals surface area contributed by atoms with Gasteiger partial charge in [0.05, 0.1) is 6.10 Å². The minimum absolute atomic E-state index is 0.483. The molecule has 0 unspecified atom stereocenters. The Hall–Kier alpha value is -2.14. The van der Waals surface area contributed by atoms with E-state index in [0.29, 0.717) is 29.4 Å². The van der Waals surface area contributed by atoms with Gasteiger partial charge in [0, 0.05) is 13.3 Å². The molecule has 10 nitrogen and oxygen atoms in total. The van der Waals surface area contributed by atoms with Gasteiger partial charge in [0.1, 0.15) is 24.4 Å². The number of rotatable bonds is 6. The molecule has 0 saturated carbocycles. The Morgan fingerprint density at radius 3 is 2.81 bits per heavy atom. The van der Waals surface area contributed by atoms with Crippen LogP contribution in [0.15, 0.2) is 11.4 Å². The lowest BCUT2D eigenvalue weighted by Crippen LogP contribution is -2.30. The first-order chi connectivity index (χ1) is 12.5. The minimum atomic E-state index is -1.06. The van der Waals surface area contributed by atoms with E-state index < -0.39 is 24.5 Å². The van der Waals surface area contributed by atoms with E-state index in [1.165, 1.54) is 6.33 Å². The molecule has 4 atom stereocenters. The van der Waals surface area contributed by atoms with Crippen LogP contribution in [-0.2, 0) is 4.74 Å². The van der Waals surface area contributed by atoms with E-state index in [1.54, 1.807) is 36.7 Å². The largest absolute Gasteiger partial charge is 0.388 e. The molecule has 0 aromatic carbocycles. The molecule has 2 aromatic heterocycles. The number of anilines is 1. The highest BCUT2D eigenvalue weighted by molar-refractivity contribution is 5.84. The average molecular weight is 363 g/mol. The van der Waals surface area contributed by atoms with Crippen LogP contribution in [0, 0.1) is 6.92 Å². The normalized spacial score (nSPS) is 26.2. The summed E-state index contributed by atoms with van der Waals surface area (Å²) in [5.41, 5.74) is 6.55. The van der Waals surface area contributed by atoms with Crippen molar-refractivity contribution in [2.24, 2.45) is 10.8 Å². The Kier molecular flexibility index (Phi) is 5.47. The maximum atomic E-state index is 10.3. The van der Waals surface area contributed by atoms with Gasteiger partial charge in [-0.05, 0) is 33.2 Å². The van der Waals surface area contributed by atoms with Gasteiger partial charge < -0.3 is 20.7 Å². The third-order valence-corrected chi connectivity index (χ3v) is 4.46. The van der Waals surface area contributed by atoms with Crippen LogP contribution in [0.1, 0.15) is 31.8 Å². The van der Waals surface area contributed by atoms with Gasteiger partial charge in [0.2, 0.25) is 0 Å². The fraction of sp³-hybridized carbons (Fsp3) is 0.625. The second-order valence-electron chi connectivity index (χ2n) is 6.36. The number of ether oxygens (including phenoxy) is 1. The van der Waals surface area contributed by atoms with Crippen molar-refractivity contribution in [3.8, 4) is 0 Å². The van der Waals surface area contributed by atoms with Crippen molar-refractivity contribution < 1.29 is 14.9 Å². The summed E-state index contributed by atoms with van der Waals surface area (Å²) in [6, 6.07) is 0. The first-order valence-corrected chi connectivity index (χ1v) is 8.63. The van der Waals surface area contributed by atoms with Crippen molar-refractivity contribution in [1.29, 1.82) is 0 Å². The van der Waals surface area contributed by atoms with E-state index in [2.05, 4.69) is 20.1 Å². The van der Waals surface area contributed by atoms with Crippen LogP contribution in [0.2, 0.25) is 0 Å². The van der Waals surface area contributed by atoms with Gasteiger partial charge in [-0.15, -0.1) is 0 Å². The molecule has 0 spiro atoms. The number of aromatic nitrogens is 4. The van der Waals surface area contributed by atoms with Crippen LogP contribution in [0.5, 0.6) is 0 Å². The number of aryl methyl sites for hydroxylation is 1. The number of hydrogen-bond donors (Lipinski definition) is 3. The molecular formula is C16H25N7O3. The number of unbranched alkanes of at least 4 members (excludes halogenated alkanes) is 1. The van der Waals surface area contributed by atoms with Crippen LogP contribution in [0.4, 0.5) is 5.82 Å². The maximum absolute atomic E-state index is 10.3. The SMILES string of the molecule is Cc1nc2c(N(C)N=CCCCN)ncnc2n1[C@@H]1O[C@H](C)[C@@H](O)[C@H]1O. The second kappa shape index (κ2) is 7.62. The van der Waals surface area contributed by atoms with Crippen LogP contribution < -0.4 is 10.7 Å². The number of hydrogen-bond acceptors (Lipinski definition) is 9. The first-order valence-electron chi connectivity index (χ1n) is 8.63. The predicted molar refractivity (Wildman–Crippen MR) is 96.8 cm³/mol. The summed E-state index contributed by atoms with van der Waals surface area (Å²) in [4.78, 5) is 13.1. The summed E-state index contributed by atoms with van der Waals surface area (Å²) < 4.78 is 7.40. The molecule has 0 amide bonds. The Balaban J connectivity index is 1.96. The Labute approximate surface area is 151 Å². The summed E-state index contributed by atoms with van der Waals surface area (Å²) in [5, 5.41) is 26.3. The lowest BCUT2D eigenvalue weighted by molar-refractivity contribution is -0.0310. The highest BCUT2D eigenvalue weighted by Gasteiger charge is 2.42. The highest BCUT2D eigenvalue weighted by Crippen LogP contribution is 2.33. The van der Waals surface area contributed by atoms with E-state index in [9.17, 15) is 10.2 Å². The maximum Gasteiger partial charge on any atom is 0.180 e. The summed E-state index contributed by atoms with van der Waals surface area (Å²) >= 11 is 0. The molecule has 1 aliphatic heterocycles. The summed E-state index contributed by atoms with van der Waals surface area (Å²) in [6.45, 7) is 4.12. The van der Waals surface area contributed by atoms with Gasteiger partial charge in [-0.25, -0.2) is 20.0 Å². The number of hydrazone groups is 1. The van der Waals surface area contributed by atoms with Crippen LogP contribution in [0.25, 0.3) is 11.2 Å². The number of fused-ring (bicyclic) bond motifs is 1. The molecule has 4 N–H and O–H groups in total. The topological polar surface area (TPSA) is 135 Å². The van der Waals surface area contributed by atoms with Gasteiger partial charge in [0.15, 0.2) is 23.2 Å². The lowest BCUT2D eigenvalue weighted by Gasteiger charge is -2.18. The molecule has 1 aliphatic rings. The van der Waals surface area contributed by atoms with E-state index in [-0.39, 0.29) is 0 Å². The quantitative estimate of drug-likeness (QED) is 0.369. The highest BCUT2D eigenvalue weighted by atomic mass is 16.6. The van der Waals surface area contributed by atoms with E-state index in [0.717, 1.165) is 12.8 Å². The van der Waals surface area contributed by atoms with Crippen molar-refractivity contribution in [2.75, 3.05) is 18.6 Å². The van der Waals surface area contributed by atoms with Crippen molar-refractivity contribution in [1.82, 2.24) is 19.5 Å². The standard InChI is InChI=1S/C16H25N7O3/c1-9-12(24)13(25)16(26-9)23-10(2)21-11-14(18-8-19-15(11)23)22(3)20-7-5-4-6-17/h7-9,12-13,16,24-25H,4-6,17H2,1-3H3/t9-,12-,13-,16-/m1/s1. The number of imidazole rings is 1. The first kappa shape index (κ1) is 18.6. The van der Waals surface area contributed by atoms with Gasteiger partial charge in [0.25, 0.3) is 0 Å². The number of nitrogens with zero attached hydrogens (tertiary/aromatic N) is 6. The van der Waals surface area contributed by atoms with Crippen molar-refractivity contribution >= 4 is 23.2 Å². The number of aliphatic hydroxyl groups is 2.